The molecule has 2 saturated carbocycles. The minimum Gasteiger partial charge on any atom is -0.352 e. The number of benzene rings is 1. The molecule has 2 amide bonds. The van der Waals surface area contributed by atoms with Crippen LogP contribution in [0.4, 0.5) is 0 Å². The molecule has 0 radical (unpaired) electrons. The zero-order chi connectivity index (χ0) is 20.9. The largest absolute Gasteiger partial charge is 0.352 e. The standard InChI is InChI=1S/C25H33N3O2/c1-18(24(29)26-20-12-6-3-7-13-20)28(21-14-8-9-15-21)25(30)23-17-16-22(27-23)19-10-4-2-5-11-19/h2,4-5,10-11,16-18,20-21,27H,3,6-9,12-15H2,1H3,(H,26,29)/t18-/m1/s1. The topological polar surface area (TPSA) is 65.2 Å². The molecule has 2 aliphatic carbocycles. The van der Waals surface area contributed by atoms with Crippen molar-refractivity contribution in [1.29, 1.82) is 0 Å². The van der Waals surface area contributed by atoms with E-state index >= 15 is 0 Å². The summed E-state index contributed by atoms with van der Waals surface area (Å²) in [5.41, 5.74) is 2.52. The molecule has 0 aliphatic heterocycles. The van der Waals surface area contributed by atoms with Gasteiger partial charge in [0.2, 0.25) is 5.91 Å². The third-order valence-corrected chi connectivity index (χ3v) is 6.70. The highest BCUT2D eigenvalue weighted by atomic mass is 16.2. The van der Waals surface area contributed by atoms with E-state index in [0.29, 0.717) is 5.69 Å². The molecule has 1 heterocycles. The SMILES string of the molecule is C[C@H](C(=O)NC1CCCCC1)N(C(=O)c1ccc(-c2ccccc2)[nH]1)C1CCCC1. The number of nitrogens with zero attached hydrogens (tertiary/aromatic N) is 1. The number of carbonyl (C=O) groups excluding carboxylic acids is 2. The van der Waals surface area contributed by atoms with Gasteiger partial charge in [0.25, 0.3) is 5.91 Å². The third-order valence-electron chi connectivity index (χ3n) is 6.70. The zero-order valence-corrected chi connectivity index (χ0v) is 17.9. The molecule has 2 aromatic rings. The summed E-state index contributed by atoms with van der Waals surface area (Å²) in [4.78, 5) is 31.7. The van der Waals surface area contributed by atoms with Gasteiger partial charge in [0.05, 0.1) is 0 Å². The van der Waals surface area contributed by atoms with Crippen LogP contribution >= 0.6 is 0 Å². The average Bonchev–Trinajstić information content (AvgIpc) is 3.48. The van der Waals surface area contributed by atoms with Crippen LogP contribution in [0.1, 0.15) is 75.2 Å². The molecule has 1 atom stereocenters. The second-order valence-corrected chi connectivity index (χ2v) is 8.82. The van der Waals surface area contributed by atoms with Crippen molar-refractivity contribution in [3.8, 4) is 11.3 Å². The molecule has 2 fully saturated rings. The second-order valence-electron chi connectivity index (χ2n) is 8.82. The summed E-state index contributed by atoms with van der Waals surface area (Å²) in [6.07, 6.45) is 9.88. The van der Waals surface area contributed by atoms with E-state index in [0.717, 1.165) is 49.8 Å². The predicted molar refractivity (Wildman–Crippen MR) is 119 cm³/mol. The van der Waals surface area contributed by atoms with Gasteiger partial charge in [0.15, 0.2) is 0 Å². The van der Waals surface area contributed by atoms with Gasteiger partial charge in [-0.1, -0.05) is 62.4 Å². The summed E-state index contributed by atoms with van der Waals surface area (Å²) in [5, 5.41) is 3.22. The molecule has 1 aromatic heterocycles. The summed E-state index contributed by atoms with van der Waals surface area (Å²) >= 11 is 0. The smallest absolute Gasteiger partial charge is 0.271 e. The molecule has 160 valence electrons. The lowest BCUT2D eigenvalue weighted by Crippen LogP contribution is -2.53. The summed E-state index contributed by atoms with van der Waals surface area (Å²) in [6, 6.07) is 13.7. The van der Waals surface area contributed by atoms with Crippen molar-refractivity contribution in [3.05, 3.63) is 48.2 Å². The van der Waals surface area contributed by atoms with Crippen molar-refractivity contribution in [1.82, 2.24) is 15.2 Å². The average molecular weight is 408 g/mol. The first kappa shape index (κ1) is 20.7. The maximum absolute atomic E-state index is 13.5. The Labute approximate surface area is 179 Å². The van der Waals surface area contributed by atoms with Gasteiger partial charge in [-0.3, -0.25) is 9.59 Å². The van der Waals surface area contributed by atoms with E-state index < -0.39 is 6.04 Å². The maximum Gasteiger partial charge on any atom is 0.271 e. The van der Waals surface area contributed by atoms with Gasteiger partial charge in [-0.15, -0.1) is 0 Å². The fourth-order valence-corrected chi connectivity index (χ4v) is 4.98. The third kappa shape index (κ3) is 4.61. The summed E-state index contributed by atoms with van der Waals surface area (Å²) in [6.45, 7) is 1.88. The molecule has 2 N–H and O–H groups in total. The maximum atomic E-state index is 13.5. The van der Waals surface area contributed by atoms with Gasteiger partial charge < -0.3 is 15.2 Å². The molecule has 2 aliphatic rings. The number of aromatic amines is 1. The number of aromatic nitrogens is 1. The minimum absolute atomic E-state index is 0.0167. The molecule has 5 heteroatoms. The van der Waals surface area contributed by atoms with Crippen LogP contribution in [-0.4, -0.2) is 39.8 Å². The quantitative estimate of drug-likeness (QED) is 0.715. The lowest BCUT2D eigenvalue weighted by atomic mass is 9.95. The van der Waals surface area contributed by atoms with Crippen LogP contribution in [0, 0.1) is 0 Å². The fraction of sp³-hybridized carbons (Fsp3) is 0.520. The van der Waals surface area contributed by atoms with E-state index in [1.54, 1.807) is 0 Å². The van der Waals surface area contributed by atoms with Crippen molar-refractivity contribution < 1.29 is 9.59 Å². The first-order chi connectivity index (χ1) is 14.6. The molecular formula is C25H33N3O2. The first-order valence-electron chi connectivity index (χ1n) is 11.5. The first-order valence-corrected chi connectivity index (χ1v) is 11.5. The van der Waals surface area contributed by atoms with E-state index in [-0.39, 0.29) is 23.9 Å². The molecule has 0 spiro atoms. The van der Waals surface area contributed by atoms with Crippen LogP contribution in [0.3, 0.4) is 0 Å². The summed E-state index contributed by atoms with van der Waals surface area (Å²) in [5.74, 6) is -0.0904. The number of rotatable bonds is 6. The monoisotopic (exact) mass is 407 g/mol. The molecule has 5 nitrogen and oxygen atoms in total. The van der Waals surface area contributed by atoms with Crippen LogP contribution < -0.4 is 5.32 Å². The van der Waals surface area contributed by atoms with Crippen molar-refractivity contribution in [2.75, 3.05) is 0 Å². The highest BCUT2D eigenvalue weighted by Crippen LogP contribution is 2.28. The Bertz CT molecular complexity index is 848. The lowest BCUT2D eigenvalue weighted by molar-refractivity contribution is -0.126. The van der Waals surface area contributed by atoms with E-state index in [2.05, 4.69) is 10.3 Å². The van der Waals surface area contributed by atoms with Crippen molar-refractivity contribution in [2.24, 2.45) is 0 Å². The van der Waals surface area contributed by atoms with Gasteiger partial charge in [0, 0.05) is 17.8 Å². The highest BCUT2D eigenvalue weighted by Gasteiger charge is 2.35. The Balaban J connectivity index is 1.52. The van der Waals surface area contributed by atoms with Crippen molar-refractivity contribution in [2.45, 2.75) is 82.8 Å². The second kappa shape index (κ2) is 9.50. The number of amides is 2. The van der Waals surface area contributed by atoms with Gasteiger partial charge in [-0.05, 0) is 50.3 Å². The number of carbonyl (C=O) groups is 2. The van der Waals surface area contributed by atoms with E-state index in [9.17, 15) is 9.59 Å². The molecule has 30 heavy (non-hydrogen) atoms. The zero-order valence-electron chi connectivity index (χ0n) is 17.9. The Morgan fingerprint density at radius 2 is 1.60 bits per heavy atom. The van der Waals surface area contributed by atoms with Crippen molar-refractivity contribution >= 4 is 11.8 Å². The molecule has 4 rings (SSSR count). The number of hydrogen-bond acceptors (Lipinski definition) is 2. The predicted octanol–water partition coefficient (Wildman–Crippen LogP) is 4.90. The van der Waals surface area contributed by atoms with Gasteiger partial charge in [0.1, 0.15) is 11.7 Å². The summed E-state index contributed by atoms with van der Waals surface area (Å²) in [7, 11) is 0. The van der Waals surface area contributed by atoms with Crippen LogP contribution in [-0.2, 0) is 4.79 Å². The Kier molecular flexibility index (Phi) is 6.56. The van der Waals surface area contributed by atoms with Crippen LogP contribution in [0.25, 0.3) is 11.3 Å². The van der Waals surface area contributed by atoms with Crippen LogP contribution in [0.15, 0.2) is 42.5 Å². The Hall–Kier alpha value is -2.56. The summed E-state index contributed by atoms with van der Waals surface area (Å²) < 4.78 is 0. The lowest BCUT2D eigenvalue weighted by Gasteiger charge is -2.35. The highest BCUT2D eigenvalue weighted by molar-refractivity contribution is 5.97. The number of H-pyrrole nitrogens is 1. The minimum atomic E-state index is -0.467. The fourth-order valence-electron chi connectivity index (χ4n) is 4.98. The van der Waals surface area contributed by atoms with E-state index in [1.807, 2.05) is 54.3 Å². The van der Waals surface area contributed by atoms with Crippen LogP contribution in [0.2, 0.25) is 0 Å². The van der Waals surface area contributed by atoms with Gasteiger partial charge >= 0.3 is 0 Å². The van der Waals surface area contributed by atoms with E-state index in [4.69, 9.17) is 0 Å². The van der Waals surface area contributed by atoms with Gasteiger partial charge in [-0.2, -0.15) is 0 Å². The normalized spacial score (nSPS) is 18.8. The van der Waals surface area contributed by atoms with Gasteiger partial charge in [-0.25, -0.2) is 0 Å². The number of nitrogens with one attached hydrogen (secondary N) is 2. The molecule has 1 aromatic carbocycles. The van der Waals surface area contributed by atoms with E-state index in [1.165, 1.54) is 19.3 Å². The molecule has 0 saturated heterocycles. The van der Waals surface area contributed by atoms with Crippen molar-refractivity contribution in [3.63, 3.8) is 0 Å². The van der Waals surface area contributed by atoms with Crippen LogP contribution in [0.5, 0.6) is 0 Å². The molecule has 0 bridgehead atoms. The Morgan fingerprint density at radius 1 is 0.933 bits per heavy atom. The molecule has 0 unspecified atom stereocenters. The Morgan fingerprint density at radius 3 is 2.30 bits per heavy atom. The number of hydrogen-bond donors (Lipinski definition) is 2. The molecular weight excluding hydrogens is 374 g/mol.